The predicted octanol–water partition coefficient (Wildman–Crippen LogP) is 3.36. The molecule has 27 heavy (non-hydrogen) atoms. The third kappa shape index (κ3) is 3.84. The van der Waals surface area contributed by atoms with Crippen molar-refractivity contribution in [2.45, 2.75) is 38.8 Å². The van der Waals surface area contributed by atoms with Crippen LogP contribution in [-0.4, -0.2) is 50.9 Å². The normalized spacial score (nSPS) is 16.1. The number of para-hydroxylation sites is 1. The molecule has 0 spiro atoms. The molecule has 0 unspecified atom stereocenters. The molecule has 1 aliphatic heterocycles. The molecule has 0 bridgehead atoms. The molecule has 1 aromatic carbocycles. The number of nitrogens with zero attached hydrogens (tertiary/aromatic N) is 4. The minimum Gasteiger partial charge on any atom is -0.348 e. The zero-order chi connectivity index (χ0) is 18.8. The molecule has 1 amide bonds. The van der Waals surface area contributed by atoms with Gasteiger partial charge in [-0.25, -0.2) is 15.0 Å². The first-order valence-corrected chi connectivity index (χ1v) is 10.2. The van der Waals surface area contributed by atoms with Crippen LogP contribution < -0.4 is 5.32 Å². The number of amides is 1. The van der Waals surface area contributed by atoms with E-state index in [4.69, 9.17) is 0 Å². The van der Waals surface area contributed by atoms with E-state index in [9.17, 15) is 4.79 Å². The maximum Gasteiger partial charge on any atom is 0.272 e. The third-order valence-electron chi connectivity index (χ3n) is 5.00. The van der Waals surface area contributed by atoms with E-state index in [1.807, 2.05) is 24.3 Å². The summed E-state index contributed by atoms with van der Waals surface area (Å²) in [6, 6.07) is 8.66. The number of benzene rings is 1. The topological polar surface area (TPSA) is 71.0 Å². The van der Waals surface area contributed by atoms with Gasteiger partial charge < -0.3 is 10.2 Å². The Balaban J connectivity index is 1.53. The van der Waals surface area contributed by atoms with Gasteiger partial charge in [0.05, 0.1) is 10.2 Å². The van der Waals surface area contributed by atoms with Crippen molar-refractivity contribution in [3.05, 3.63) is 42.4 Å². The van der Waals surface area contributed by atoms with Crippen LogP contribution in [0.15, 0.2) is 36.7 Å². The van der Waals surface area contributed by atoms with Crippen LogP contribution in [0, 0.1) is 0 Å². The van der Waals surface area contributed by atoms with Crippen LogP contribution in [0.4, 0.5) is 0 Å². The quantitative estimate of drug-likeness (QED) is 0.750. The average Bonchev–Trinajstić information content (AvgIpc) is 3.12. The molecule has 0 aliphatic carbocycles. The van der Waals surface area contributed by atoms with Gasteiger partial charge >= 0.3 is 0 Å². The molecular weight excluding hydrogens is 358 g/mol. The van der Waals surface area contributed by atoms with Gasteiger partial charge in [0.2, 0.25) is 0 Å². The monoisotopic (exact) mass is 381 g/mol. The van der Waals surface area contributed by atoms with E-state index in [0.717, 1.165) is 41.2 Å². The lowest BCUT2D eigenvalue weighted by molar-refractivity contribution is 0.0896. The first-order valence-electron chi connectivity index (χ1n) is 9.33. The Morgan fingerprint density at radius 3 is 2.67 bits per heavy atom. The van der Waals surface area contributed by atoms with E-state index in [1.165, 1.54) is 11.3 Å². The minimum atomic E-state index is -0.166. The second-order valence-corrected chi connectivity index (χ2v) is 8.15. The number of fused-ring (bicyclic) bond motifs is 1. The van der Waals surface area contributed by atoms with Gasteiger partial charge in [-0.15, -0.1) is 11.3 Å². The molecule has 140 valence electrons. The van der Waals surface area contributed by atoms with Crippen LogP contribution >= 0.6 is 11.3 Å². The number of nitrogens with one attached hydrogen (secondary N) is 1. The van der Waals surface area contributed by atoms with Crippen molar-refractivity contribution in [2.24, 2.45) is 0 Å². The molecule has 3 aromatic rings. The molecular formula is C20H23N5OS. The van der Waals surface area contributed by atoms with Gasteiger partial charge in [-0.05, 0) is 38.8 Å². The van der Waals surface area contributed by atoms with Crippen LogP contribution in [0.1, 0.15) is 37.2 Å². The molecule has 3 heterocycles. The average molecular weight is 382 g/mol. The number of carbonyl (C=O) groups excluding carboxylic acids is 1. The van der Waals surface area contributed by atoms with Crippen molar-refractivity contribution in [1.29, 1.82) is 0 Å². The van der Waals surface area contributed by atoms with Gasteiger partial charge in [0.25, 0.3) is 5.91 Å². The lowest BCUT2D eigenvalue weighted by atomic mass is 10.0. The molecule has 1 saturated heterocycles. The summed E-state index contributed by atoms with van der Waals surface area (Å²) in [5.74, 6) is -0.166. The van der Waals surface area contributed by atoms with Gasteiger partial charge in [-0.1, -0.05) is 12.1 Å². The van der Waals surface area contributed by atoms with Crippen LogP contribution in [0.25, 0.3) is 20.9 Å². The van der Waals surface area contributed by atoms with Crippen LogP contribution in [-0.2, 0) is 0 Å². The highest BCUT2D eigenvalue weighted by molar-refractivity contribution is 7.21. The summed E-state index contributed by atoms with van der Waals surface area (Å²) in [5, 5.41) is 3.87. The fourth-order valence-corrected chi connectivity index (χ4v) is 4.41. The summed E-state index contributed by atoms with van der Waals surface area (Å²) < 4.78 is 1.07. The smallest absolute Gasteiger partial charge is 0.272 e. The van der Waals surface area contributed by atoms with Crippen LogP contribution in [0.2, 0.25) is 0 Å². The van der Waals surface area contributed by atoms with Gasteiger partial charge in [-0.2, -0.15) is 0 Å². The van der Waals surface area contributed by atoms with Gasteiger partial charge in [-0.3, -0.25) is 4.79 Å². The summed E-state index contributed by atoms with van der Waals surface area (Å²) in [6.45, 7) is 6.44. The van der Waals surface area contributed by atoms with E-state index in [0.29, 0.717) is 17.4 Å². The minimum absolute atomic E-state index is 0.166. The van der Waals surface area contributed by atoms with Gasteiger partial charge in [0.1, 0.15) is 10.7 Å². The first-order chi connectivity index (χ1) is 13.1. The fourth-order valence-electron chi connectivity index (χ4n) is 3.45. The lowest BCUT2D eigenvalue weighted by Crippen LogP contribution is -2.46. The summed E-state index contributed by atoms with van der Waals surface area (Å²) in [6.07, 6.45) is 5.09. The maximum atomic E-state index is 12.9. The van der Waals surface area contributed by atoms with E-state index in [2.05, 4.69) is 39.0 Å². The largest absolute Gasteiger partial charge is 0.348 e. The molecule has 4 rings (SSSR count). The number of hydrogen-bond donors (Lipinski definition) is 1. The molecule has 7 heteroatoms. The van der Waals surface area contributed by atoms with Crippen molar-refractivity contribution in [1.82, 2.24) is 25.2 Å². The summed E-state index contributed by atoms with van der Waals surface area (Å²) in [5.41, 5.74) is 1.81. The summed E-state index contributed by atoms with van der Waals surface area (Å²) in [4.78, 5) is 28.7. The number of aromatic nitrogens is 3. The standard InChI is InChI=1S/C20H23N5OS/c1-13(2)25-11-7-14(8-12-25)23-19(26)17-18(22-10-9-21-17)20-24-15-5-3-4-6-16(15)27-20/h3-6,9-10,13-14H,7-8,11-12H2,1-2H3,(H,23,26). The second-order valence-electron chi connectivity index (χ2n) is 7.12. The molecule has 0 saturated carbocycles. The molecule has 2 aromatic heterocycles. The zero-order valence-corrected chi connectivity index (χ0v) is 16.4. The number of thiazole rings is 1. The summed E-state index contributed by atoms with van der Waals surface area (Å²) in [7, 11) is 0. The highest BCUT2D eigenvalue weighted by atomic mass is 32.1. The maximum absolute atomic E-state index is 12.9. The Bertz CT molecular complexity index is 913. The first kappa shape index (κ1) is 18.0. The van der Waals surface area contributed by atoms with Crippen molar-refractivity contribution in [3.63, 3.8) is 0 Å². The van der Waals surface area contributed by atoms with E-state index in [-0.39, 0.29) is 11.9 Å². The second kappa shape index (κ2) is 7.70. The number of hydrogen-bond acceptors (Lipinski definition) is 6. The van der Waals surface area contributed by atoms with E-state index >= 15 is 0 Å². The Labute approximate surface area is 162 Å². The third-order valence-corrected chi connectivity index (χ3v) is 6.05. The van der Waals surface area contributed by atoms with Crippen molar-refractivity contribution >= 4 is 27.5 Å². The lowest BCUT2D eigenvalue weighted by Gasteiger charge is -2.34. The number of piperidine rings is 1. The van der Waals surface area contributed by atoms with Crippen molar-refractivity contribution < 1.29 is 4.79 Å². The van der Waals surface area contributed by atoms with Crippen molar-refractivity contribution in [3.8, 4) is 10.7 Å². The van der Waals surface area contributed by atoms with Gasteiger partial charge in [0.15, 0.2) is 5.69 Å². The van der Waals surface area contributed by atoms with Crippen LogP contribution in [0.5, 0.6) is 0 Å². The molecule has 1 N–H and O–H groups in total. The van der Waals surface area contributed by atoms with Crippen molar-refractivity contribution in [2.75, 3.05) is 13.1 Å². The Morgan fingerprint density at radius 1 is 1.19 bits per heavy atom. The fraction of sp³-hybridized carbons (Fsp3) is 0.400. The number of likely N-dealkylation sites (tertiary alicyclic amines) is 1. The predicted molar refractivity (Wildman–Crippen MR) is 108 cm³/mol. The molecule has 0 atom stereocenters. The number of rotatable bonds is 4. The SMILES string of the molecule is CC(C)N1CCC(NC(=O)c2nccnc2-c2nc3ccccc3s2)CC1. The van der Waals surface area contributed by atoms with E-state index in [1.54, 1.807) is 12.4 Å². The van der Waals surface area contributed by atoms with Gasteiger partial charge in [0, 0.05) is 37.6 Å². The van der Waals surface area contributed by atoms with Crippen LogP contribution in [0.3, 0.4) is 0 Å². The summed E-state index contributed by atoms with van der Waals surface area (Å²) >= 11 is 1.53. The Kier molecular flexibility index (Phi) is 5.13. The van der Waals surface area contributed by atoms with E-state index < -0.39 is 0 Å². The number of carbonyl (C=O) groups is 1. The molecule has 6 nitrogen and oxygen atoms in total. The molecule has 1 aliphatic rings. The Hall–Kier alpha value is -2.38. The highest BCUT2D eigenvalue weighted by Gasteiger charge is 2.25. The highest BCUT2D eigenvalue weighted by Crippen LogP contribution is 2.30. The zero-order valence-electron chi connectivity index (χ0n) is 15.6. The molecule has 1 fully saturated rings. The Morgan fingerprint density at radius 2 is 1.93 bits per heavy atom. The molecule has 0 radical (unpaired) electrons.